The highest BCUT2D eigenvalue weighted by atomic mass is 16.5. The molecule has 0 saturated heterocycles. The summed E-state index contributed by atoms with van der Waals surface area (Å²) in [4.78, 5) is 2.55. The third kappa shape index (κ3) is 4.12. The van der Waals surface area contributed by atoms with Crippen LogP contribution in [0.3, 0.4) is 0 Å². The molecule has 1 fully saturated rings. The third-order valence-corrected chi connectivity index (χ3v) is 3.45. The van der Waals surface area contributed by atoms with Crippen LogP contribution in [0.4, 0.5) is 0 Å². The van der Waals surface area contributed by atoms with Crippen molar-refractivity contribution in [3.63, 3.8) is 0 Å². The molecule has 1 saturated carbocycles. The minimum Gasteiger partial charge on any atom is -0.468 e. The van der Waals surface area contributed by atoms with Gasteiger partial charge < -0.3 is 14.5 Å². The quantitative estimate of drug-likeness (QED) is 0.728. The van der Waals surface area contributed by atoms with Crippen LogP contribution < -0.4 is 5.32 Å². The third-order valence-electron chi connectivity index (χ3n) is 3.45. The van der Waals surface area contributed by atoms with E-state index in [-0.39, 0.29) is 0 Å². The van der Waals surface area contributed by atoms with Gasteiger partial charge >= 0.3 is 0 Å². The normalized spacial score (nSPS) is 17.3. The standard InChI is InChI=1S/C14H24N2O2/c1-12(10-15-11-14-4-3-8-18-14)16(7-9-17-2)13-5-6-13/h3-4,8,12-13,15H,5-7,9-11H2,1-2H3. The van der Waals surface area contributed by atoms with E-state index in [4.69, 9.17) is 9.15 Å². The first-order valence-electron chi connectivity index (χ1n) is 6.79. The molecule has 4 heteroatoms. The molecule has 1 aromatic rings. The van der Waals surface area contributed by atoms with Crippen molar-refractivity contribution in [2.75, 3.05) is 26.8 Å². The molecule has 0 spiro atoms. The van der Waals surface area contributed by atoms with E-state index in [1.54, 1.807) is 13.4 Å². The molecule has 1 aliphatic rings. The Hall–Kier alpha value is -0.840. The Morgan fingerprint density at radius 3 is 3.00 bits per heavy atom. The molecule has 1 unspecified atom stereocenters. The molecule has 102 valence electrons. The number of methoxy groups -OCH3 is 1. The number of hydrogen-bond donors (Lipinski definition) is 1. The van der Waals surface area contributed by atoms with Crippen LogP contribution in [0.25, 0.3) is 0 Å². The molecule has 4 nitrogen and oxygen atoms in total. The summed E-state index contributed by atoms with van der Waals surface area (Å²) in [5, 5.41) is 3.45. The number of hydrogen-bond acceptors (Lipinski definition) is 4. The average molecular weight is 252 g/mol. The maximum Gasteiger partial charge on any atom is 0.117 e. The van der Waals surface area contributed by atoms with Gasteiger partial charge in [0.15, 0.2) is 0 Å². The fourth-order valence-corrected chi connectivity index (χ4v) is 2.30. The van der Waals surface area contributed by atoms with Gasteiger partial charge in [0, 0.05) is 32.3 Å². The molecule has 1 heterocycles. The molecule has 1 aliphatic carbocycles. The largest absolute Gasteiger partial charge is 0.468 e. The minimum absolute atomic E-state index is 0.544. The van der Waals surface area contributed by atoms with E-state index in [9.17, 15) is 0 Å². The van der Waals surface area contributed by atoms with Crippen molar-refractivity contribution >= 4 is 0 Å². The van der Waals surface area contributed by atoms with Crippen LogP contribution >= 0.6 is 0 Å². The highest BCUT2D eigenvalue weighted by Crippen LogP contribution is 2.28. The van der Waals surface area contributed by atoms with Gasteiger partial charge in [-0.25, -0.2) is 0 Å². The van der Waals surface area contributed by atoms with E-state index in [0.29, 0.717) is 6.04 Å². The summed E-state index contributed by atoms with van der Waals surface area (Å²) in [5.41, 5.74) is 0. The van der Waals surface area contributed by atoms with Crippen molar-refractivity contribution in [3.8, 4) is 0 Å². The Bertz CT molecular complexity index is 323. The minimum atomic E-state index is 0.544. The lowest BCUT2D eigenvalue weighted by molar-refractivity contribution is 0.118. The fourth-order valence-electron chi connectivity index (χ4n) is 2.30. The van der Waals surface area contributed by atoms with Crippen LogP contribution in [0.5, 0.6) is 0 Å². The maximum atomic E-state index is 5.30. The van der Waals surface area contributed by atoms with Gasteiger partial charge in [0.1, 0.15) is 5.76 Å². The summed E-state index contributed by atoms with van der Waals surface area (Å²) in [5.74, 6) is 0.997. The first-order valence-corrected chi connectivity index (χ1v) is 6.79. The van der Waals surface area contributed by atoms with Crippen molar-refractivity contribution in [2.45, 2.75) is 38.4 Å². The molecule has 0 radical (unpaired) electrons. The van der Waals surface area contributed by atoms with Gasteiger partial charge in [0.05, 0.1) is 19.4 Å². The first-order chi connectivity index (χ1) is 8.81. The van der Waals surface area contributed by atoms with Gasteiger partial charge in [0.2, 0.25) is 0 Å². The van der Waals surface area contributed by atoms with Gasteiger partial charge in [-0.3, -0.25) is 4.90 Å². The average Bonchev–Trinajstić information content (AvgIpc) is 3.06. The van der Waals surface area contributed by atoms with E-state index in [0.717, 1.165) is 38.0 Å². The Kier molecular flexibility index (Phi) is 5.23. The number of ether oxygens (including phenoxy) is 1. The van der Waals surface area contributed by atoms with Crippen molar-refractivity contribution in [3.05, 3.63) is 24.2 Å². The van der Waals surface area contributed by atoms with Crippen LogP contribution in [-0.4, -0.2) is 43.8 Å². The lowest BCUT2D eigenvalue weighted by Gasteiger charge is -2.29. The molecule has 1 N–H and O–H groups in total. The van der Waals surface area contributed by atoms with E-state index in [2.05, 4.69) is 17.1 Å². The van der Waals surface area contributed by atoms with Crippen LogP contribution in [0, 0.1) is 0 Å². The number of rotatable bonds is 9. The van der Waals surface area contributed by atoms with Gasteiger partial charge in [-0.1, -0.05) is 0 Å². The summed E-state index contributed by atoms with van der Waals surface area (Å²) < 4.78 is 10.5. The molecule has 2 rings (SSSR count). The molecule has 1 aromatic heterocycles. The lowest BCUT2D eigenvalue weighted by Crippen LogP contribution is -2.43. The predicted molar refractivity (Wildman–Crippen MR) is 71.5 cm³/mol. The molecule has 0 aliphatic heterocycles. The van der Waals surface area contributed by atoms with Crippen LogP contribution in [0.15, 0.2) is 22.8 Å². The molecule has 1 atom stereocenters. The molecular formula is C14H24N2O2. The number of furan rings is 1. The smallest absolute Gasteiger partial charge is 0.117 e. The zero-order valence-corrected chi connectivity index (χ0v) is 11.4. The van der Waals surface area contributed by atoms with Crippen molar-refractivity contribution < 1.29 is 9.15 Å². The molecular weight excluding hydrogens is 228 g/mol. The summed E-state index contributed by atoms with van der Waals surface area (Å²) >= 11 is 0. The zero-order chi connectivity index (χ0) is 12.8. The Morgan fingerprint density at radius 1 is 1.56 bits per heavy atom. The van der Waals surface area contributed by atoms with Gasteiger partial charge in [0.25, 0.3) is 0 Å². The Morgan fingerprint density at radius 2 is 2.39 bits per heavy atom. The second kappa shape index (κ2) is 6.92. The predicted octanol–water partition coefficient (Wildman–Crippen LogP) is 1.87. The van der Waals surface area contributed by atoms with Crippen LogP contribution in [0.1, 0.15) is 25.5 Å². The number of nitrogens with one attached hydrogen (secondary N) is 1. The monoisotopic (exact) mass is 252 g/mol. The summed E-state index contributed by atoms with van der Waals surface area (Å²) in [6.07, 6.45) is 4.40. The van der Waals surface area contributed by atoms with Crippen LogP contribution in [-0.2, 0) is 11.3 Å². The summed E-state index contributed by atoms with van der Waals surface area (Å²) in [7, 11) is 1.77. The van der Waals surface area contributed by atoms with Crippen molar-refractivity contribution in [1.29, 1.82) is 0 Å². The topological polar surface area (TPSA) is 37.6 Å². The van der Waals surface area contributed by atoms with Gasteiger partial charge in [-0.05, 0) is 31.9 Å². The SMILES string of the molecule is COCCN(C(C)CNCc1ccco1)C1CC1. The first kappa shape index (κ1) is 13.6. The Labute approximate surface area is 109 Å². The van der Waals surface area contributed by atoms with Crippen molar-refractivity contribution in [2.24, 2.45) is 0 Å². The lowest BCUT2D eigenvalue weighted by atomic mass is 10.2. The highest BCUT2D eigenvalue weighted by Gasteiger charge is 2.31. The highest BCUT2D eigenvalue weighted by molar-refractivity contribution is 4.97. The van der Waals surface area contributed by atoms with E-state index in [1.807, 2.05) is 12.1 Å². The fraction of sp³-hybridized carbons (Fsp3) is 0.714. The van der Waals surface area contributed by atoms with Crippen molar-refractivity contribution in [1.82, 2.24) is 10.2 Å². The molecule has 0 aromatic carbocycles. The molecule has 0 amide bonds. The van der Waals surface area contributed by atoms with E-state index >= 15 is 0 Å². The van der Waals surface area contributed by atoms with Gasteiger partial charge in [-0.2, -0.15) is 0 Å². The second-order valence-corrected chi connectivity index (χ2v) is 5.02. The summed E-state index contributed by atoms with van der Waals surface area (Å²) in [6.45, 7) is 5.92. The number of nitrogens with zero attached hydrogens (tertiary/aromatic N) is 1. The van der Waals surface area contributed by atoms with E-state index in [1.165, 1.54) is 12.8 Å². The molecule has 18 heavy (non-hydrogen) atoms. The molecule has 0 bridgehead atoms. The second-order valence-electron chi connectivity index (χ2n) is 5.02. The zero-order valence-electron chi connectivity index (χ0n) is 11.4. The Balaban J connectivity index is 1.69. The maximum absolute atomic E-state index is 5.30. The van der Waals surface area contributed by atoms with Gasteiger partial charge in [-0.15, -0.1) is 0 Å². The van der Waals surface area contributed by atoms with Crippen LogP contribution in [0.2, 0.25) is 0 Å². The summed E-state index contributed by atoms with van der Waals surface area (Å²) in [6, 6.07) is 5.25. The van der Waals surface area contributed by atoms with E-state index < -0.39 is 0 Å².